The van der Waals surface area contributed by atoms with Crippen molar-refractivity contribution >= 4 is 7.60 Å². The van der Waals surface area contributed by atoms with Gasteiger partial charge in [0.25, 0.3) is 0 Å². The molecule has 0 aliphatic carbocycles. The van der Waals surface area contributed by atoms with E-state index in [1.807, 2.05) is 0 Å². The molecular formula is C9H15O5P. The zero-order chi connectivity index (χ0) is 11.1. The van der Waals surface area contributed by atoms with Crippen molar-refractivity contribution < 1.29 is 23.8 Å². The van der Waals surface area contributed by atoms with Crippen molar-refractivity contribution in [1.82, 2.24) is 0 Å². The minimum absolute atomic E-state index is 0.0330. The zero-order valence-electron chi connectivity index (χ0n) is 8.33. The predicted octanol–water partition coefficient (Wildman–Crippen LogP) is 0.667. The second-order valence-corrected chi connectivity index (χ2v) is 6.15. The van der Waals surface area contributed by atoms with Gasteiger partial charge in [-0.3, -0.25) is 4.57 Å². The highest BCUT2D eigenvalue weighted by molar-refractivity contribution is 7.53. The van der Waals surface area contributed by atoms with Crippen LogP contribution in [0.2, 0.25) is 0 Å². The molecule has 2 unspecified atom stereocenters. The SMILES string of the molecule is C=CC(CC1CO1)(CC1CO1)P(=O)(O)O. The van der Waals surface area contributed by atoms with Gasteiger partial charge in [-0.1, -0.05) is 6.08 Å². The zero-order valence-corrected chi connectivity index (χ0v) is 9.23. The molecule has 0 aromatic heterocycles. The van der Waals surface area contributed by atoms with Crippen LogP contribution in [0.5, 0.6) is 0 Å². The Morgan fingerprint density at radius 2 is 1.73 bits per heavy atom. The predicted molar refractivity (Wildman–Crippen MR) is 53.7 cm³/mol. The molecule has 0 amide bonds. The topological polar surface area (TPSA) is 82.6 Å². The molecule has 0 bridgehead atoms. The van der Waals surface area contributed by atoms with Crippen molar-refractivity contribution in [2.24, 2.45) is 0 Å². The van der Waals surface area contributed by atoms with Gasteiger partial charge in [0, 0.05) is 0 Å². The Bertz CT molecular complexity index is 288. The van der Waals surface area contributed by atoms with Gasteiger partial charge >= 0.3 is 7.60 Å². The summed E-state index contributed by atoms with van der Waals surface area (Å²) in [5.41, 5.74) is 0. The van der Waals surface area contributed by atoms with Crippen LogP contribution >= 0.6 is 7.60 Å². The van der Waals surface area contributed by atoms with Gasteiger partial charge in [-0.15, -0.1) is 6.58 Å². The summed E-state index contributed by atoms with van der Waals surface area (Å²) in [6, 6.07) is 0. The largest absolute Gasteiger partial charge is 0.373 e. The second kappa shape index (κ2) is 3.68. The Hall–Kier alpha value is -0.190. The quantitative estimate of drug-likeness (QED) is 0.401. The van der Waals surface area contributed by atoms with E-state index in [1.165, 1.54) is 6.08 Å². The van der Waals surface area contributed by atoms with Gasteiger partial charge in [-0.05, 0) is 12.8 Å². The maximum absolute atomic E-state index is 11.5. The highest BCUT2D eigenvalue weighted by Gasteiger charge is 2.51. The first-order chi connectivity index (χ1) is 6.97. The number of epoxide rings is 2. The molecule has 0 spiro atoms. The molecule has 2 saturated heterocycles. The van der Waals surface area contributed by atoms with E-state index in [0.29, 0.717) is 26.1 Å². The molecule has 0 aromatic rings. The molecule has 2 rings (SSSR count). The van der Waals surface area contributed by atoms with E-state index in [0.717, 1.165) is 0 Å². The number of hydrogen-bond acceptors (Lipinski definition) is 3. The number of rotatable bonds is 6. The molecule has 86 valence electrons. The average molecular weight is 234 g/mol. The molecule has 2 fully saturated rings. The number of ether oxygens (including phenoxy) is 2. The van der Waals surface area contributed by atoms with Crippen LogP contribution in [0.15, 0.2) is 12.7 Å². The number of allylic oxidation sites excluding steroid dienone is 1. The van der Waals surface area contributed by atoms with Crippen LogP contribution in [-0.2, 0) is 14.0 Å². The lowest BCUT2D eigenvalue weighted by atomic mass is 9.97. The van der Waals surface area contributed by atoms with Gasteiger partial charge in [-0.2, -0.15) is 0 Å². The van der Waals surface area contributed by atoms with Gasteiger partial charge in [0.15, 0.2) is 0 Å². The first kappa shape index (κ1) is 11.3. The van der Waals surface area contributed by atoms with Crippen molar-refractivity contribution in [3.05, 3.63) is 12.7 Å². The summed E-state index contributed by atoms with van der Waals surface area (Å²) in [5.74, 6) is 0. The Kier molecular flexibility index (Phi) is 2.77. The summed E-state index contributed by atoms with van der Waals surface area (Å²) in [7, 11) is -4.21. The molecule has 0 aromatic carbocycles. The van der Waals surface area contributed by atoms with Crippen LogP contribution in [0.25, 0.3) is 0 Å². The molecule has 2 aliphatic heterocycles. The van der Waals surface area contributed by atoms with Crippen LogP contribution < -0.4 is 0 Å². The summed E-state index contributed by atoms with van der Waals surface area (Å²) in [6.45, 7) is 4.73. The van der Waals surface area contributed by atoms with Gasteiger partial charge in [0.2, 0.25) is 0 Å². The van der Waals surface area contributed by atoms with Crippen LogP contribution in [-0.4, -0.2) is 40.4 Å². The van der Waals surface area contributed by atoms with E-state index in [2.05, 4.69) is 6.58 Å². The highest BCUT2D eigenvalue weighted by Crippen LogP contribution is 2.58. The van der Waals surface area contributed by atoms with Crippen molar-refractivity contribution in [1.29, 1.82) is 0 Å². The van der Waals surface area contributed by atoms with Crippen molar-refractivity contribution in [3.8, 4) is 0 Å². The maximum Gasteiger partial charge on any atom is 0.335 e. The van der Waals surface area contributed by atoms with Crippen LogP contribution in [0.4, 0.5) is 0 Å². The van der Waals surface area contributed by atoms with E-state index in [1.54, 1.807) is 0 Å². The lowest BCUT2D eigenvalue weighted by molar-refractivity contribution is 0.290. The Labute approximate surface area is 88.2 Å². The van der Waals surface area contributed by atoms with Gasteiger partial charge < -0.3 is 19.3 Å². The molecule has 0 saturated carbocycles. The van der Waals surface area contributed by atoms with Crippen molar-refractivity contribution in [3.63, 3.8) is 0 Å². The van der Waals surface area contributed by atoms with E-state index < -0.39 is 12.8 Å². The first-order valence-corrected chi connectivity index (χ1v) is 6.50. The molecule has 2 N–H and O–H groups in total. The lowest BCUT2D eigenvalue weighted by Crippen LogP contribution is -2.30. The normalized spacial score (nSPS) is 33.2. The third-order valence-electron chi connectivity index (χ3n) is 2.93. The molecule has 2 atom stereocenters. The number of hydrogen-bond donors (Lipinski definition) is 2. The fraction of sp³-hybridized carbons (Fsp3) is 0.778. The summed E-state index contributed by atoms with van der Waals surface area (Å²) in [4.78, 5) is 18.8. The highest BCUT2D eigenvalue weighted by atomic mass is 31.2. The summed E-state index contributed by atoms with van der Waals surface area (Å²) in [6.07, 6.45) is 1.97. The summed E-state index contributed by atoms with van der Waals surface area (Å²) < 4.78 is 21.6. The minimum atomic E-state index is -4.21. The standard InChI is InChI=1S/C9H15O5P/c1-2-9(15(10,11)12,3-7-5-13-7)4-8-6-14-8/h2,7-8H,1,3-6H2,(H2,10,11,12). The summed E-state index contributed by atoms with van der Waals surface area (Å²) >= 11 is 0. The maximum atomic E-state index is 11.5. The van der Waals surface area contributed by atoms with Crippen LogP contribution in [0, 0.1) is 0 Å². The van der Waals surface area contributed by atoms with E-state index in [9.17, 15) is 14.4 Å². The van der Waals surface area contributed by atoms with Crippen LogP contribution in [0.3, 0.4) is 0 Å². The van der Waals surface area contributed by atoms with Gasteiger partial charge in [-0.25, -0.2) is 0 Å². The molecule has 0 radical (unpaired) electrons. The smallest absolute Gasteiger partial charge is 0.335 e. The molecule has 5 nitrogen and oxygen atoms in total. The van der Waals surface area contributed by atoms with Crippen molar-refractivity contribution in [2.75, 3.05) is 13.2 Å². The molecule has 2 aliphatic rings. The lowest BCUT2D eigenvalue weighted by Gasteiger charge is -2.30. The Morgan fingerprint density at radius 1 is 1.33 bits per heavy atom. The third kappa shape index (κ3) is 2.49. The molecular weight excluding hydrogens is 219 g/mol. The van der Waals surface area contributed by atoms with E-state index in [4.69, 9.17) is 9.47 Å². The monoisotopic (exact) mass is 234 g/mol. The fourth-order valence-electron chi connectivity index (χ4n) is 1.77. The Morgan fingerprint density at radius 3 is 1.93 bits per heavy atom. The van der Waals surface area contributed by atoms with Crippen LogP contribution in [0.1, 0.15) is 12.8 Å². The third-order valence-corrected chi connectivity index (χ3v) is 4.64. The molecule has 15 heavy (non-hydrogen) atoms. The second-order valence-electron chi connectivity index (χ2n) is 4.17. The van der Waals surface area contributed by atoms with E-state index in [-0.39, 0.29) is 12.2 Å². The Balaban J connectivity index is 2.15. The van der Waals surface area contributed by atoms with E-state index >= 15 is 0 Å². The summed E-state index contributed by atoms with van der Waals surface area (Å²) in [5, 5.41) is -1.17. The minimum Gasteiger partial charge on any atom is -0.373 e. The molecule has 6 heteroatoms. The fourth-order valence-corrected chi connectivity index (χ4v) is 2.89. The van der Waals surface area contributed by atoms with Crippen molar-refractivity contribution in [2.45, 2.75) is 30.2 Å². The van der Waals surface area contributed by atoms with Gasteiger partial charge in [0.05, 0.1) is 30.6 Å². The van der Waals surface area contributed by atoms with Gasteiger partial charge in [0.1, 0.15) is 0 Å². The first-order valence-electron chi connectivity index (χ1n) is 4.89. The molecule has 2 heterocycles. The average Bonchev–Trinajstić information content (AvgIpc) is 2.94.